The van der Waals surface area contributed by atoms with E-state index in [0.29, 0.717) is 19.5 Å². The number of nitrogens with zero attached hydrogens (tertiary/aromatic N) is 1. The highest BCUT2D eigenvalue weighted by Gasteiger charge is 2.08. The quantitative estimate of drug-likeness (QED) is 0.626. The predicted octanol–water partition coefficient (Wildman–Crippen LogP) is 3.16. The lowest BCUT2D eigenvalue weighted by molar-refractivity contribution is 0.624. The average molecular weight is 271 g/mol. The minimum Gasteiger partial charge on any atom is -0.388 e. The number of anilines is 1. The van der Waals surface area contributed by atoms with Gasteiger partial charge in [-0.05, 0) is 29.8 Å². The van der Waals surface area contributed by atoms with Crippen molar-refractivity contribution < 1.29 is 4.39 Å². The van der Waals surface area contributed by atoms with Crippen molar-refractivity contribution in [1.82, 2.24) is 0 Å². The molecular weight excluding hydrogens is 253 g/mol. The van der Waals surface area contributed by atoms with Gasteiger partial charge in [0.15, 0.2) is 0 Å². The molecule has 2 aromatic carbocycles. The Morgan fingerprint density at radius 3 is 2.50 bits per heavy atom. The van der Waals surface area contributed by atoms with Crippen LogP contribution in [0.4, 0.5) is 10.1 Å². The van der Waals surface area contributed by atoms with E-state index in [4.69, 9.17) is 11.1 Å². The maximum atomic E-state index is 13.3. The number of rotatable bonds is 6. The van der Waals surface area contributed by atoms with E-state index in [1.807, 2.05) is 36.4 Å². The lowest BCUT2D eigenvalue weighted by atomic mass is 10.2. The Balaban J connectivity index is 2.16. The van der Waals surface area contributed by atoms with Gasteiger partial charge in [0.05, 0.1) is 5.84 Å². The molecule has 0 saturated carbocycles. The first-order valence-electron chi connectivity index (χ1n) is 6.52. The van der Waals surface area contributed by atoms with Crippen LogP contribution in [-0.4, -0.2) is 12.4 Å². The van der Waals surface area contributed by atoms with Gasteiger partial charge in [0.1, 0.15) is 5.82 Å². The molecule has 3 nitrogen and oxygen atoms in total. The van der Waals surface area contributed by atoms with Gasteiger partial charge in [-0.15, -0.1) is 0 Å². The second-order valence-electron chi connectivity index (χ2n) is 4.66. The third-order valence-electron chi connectivity index (χ3n) is 3.03. The van der Waals surface area contributed by atoms with E-state index in [1.54, 1.807) is 6.07 Å². The fraction of sp³-hybridized carbons (Fsp3) is 0.188. The predicted molar refractivity (Wildman–Crippen MR) is 80.4 cm³/mol. The largest absolute Gasteiger partial charge is 0.388 e. The van der Waals surface area contributed by atoms with Crippen LogP contribution in [0.3, 0.4) is 0 Å². The van der Waals surface area contributed by atoms with Crippen LogP contribution < -0.4 is 10.6 Å². The maximum absolute atomic E-state index is 13.3. The van der Waals surface area contributed by atoms with Crippen molar-refractivity contribution in [2.24, 2.45) is 5.73 Å². The molecule has 0 aromatic heterocycles. The molecule has 0 bridgehead atoms. The van der Waals surface area contributed by atoms with Crippen molar-refractivity contribution in [3.05, 3.63) is 66.0 Å². The Morgan fingerprint density at radius 2 is 1.85 bits per heavy atom. The number of halogens is 1. The molecule has 20 heavy (non-hydrogen) atoms. The lowest BCUT2D eigenvalue weighted by Crippen LogP contribution is -2.27. The zero-order valence-electron chi connectivity index (χ0n) is 11.2. The third kappa shape index (κ3) is 4.09. The molecule has 104 valence electrons. The van der Waals surface area contributed by atoms with Crippen LogP contribution in [-0.2, 0) is 6.54 Å². The van der Waals surface area contributed by atoms with Gasteiger partial charge in [-0.2, -0.15) is 0 Å². The molecule has 2 rings (SSSR count). The summed E-state index contributed by atoms with van der Waals surface area (Å²) in [6.45, 7) is 1.23. The van der Waals surface area contributed by atoms with Crippen molar-refractivity contribution >= 4 is 11.5 Å². The van der Waals surface area contributed by atoms with Crippen LogP contribution >= 0.6 is 0 Å². The van der Waals surface area contributed by atoms with Crippen LogP contribution in [0.2, 0.25) is 0 Å². The van der Waals surface area contributed by atoms with Crippen LogP contribution in [0, 0.1) is 11.2 Å². The first-order chi connectivity index (χ1) is 9.65. The second kappa shape index (κ2) is 6.70. The summed E-state index contributed by atoms with van der Waals surface area (Å²) in [5, 5.41) is 7.36. The van der Waals surface area contributed by atoms with E-state index >= 15 is 0 Å². The fourth-order valence-corrected chi connectivity index (χ4v) is 2.05. The standard InChI is InChI=1S/C16H18FN3/c17-14-6-4-5-13(11-14)12-20(10-9-16(18)19)15-7-2-1-3-8-15/h1-8,11H,9-10,12H2,(H3,18,19). The molecule has 0 unspecified atom stereocenters. The third-order valence-corrected chi connectivity index (χ3v) is 3.03. The summed E-state index contributed by atoms with van der Waals surface area (Å²) in [6.07, 6.45) is 0.490. The SMILES string of the molecule is N=C(N)CCN(Cc1cccc(F)c1)c1ccccc1. The van der Waals surface area contributed by atoms with E-state index in [-0.39, 0.29) is 11.7 Å². The summed E-state index contributed by atoms with van der Waals surface area (Å²) in [7, 11) is 0. The van der Waals surface area contributed by atoms with Crippen molar-refractivity contribution in [2.75, 3.05) is 11.4 Å². The Hall–Kier alpha value is -2.36. The molecule has 0 aliphatic carbocycles. The lowest BCUT2D eigenvalue weighted by Gasteiger charge is -2.25. The molecule has 3 N–H and O–H groups in total. The summed E-state index contributed by atoms with van der Waals surface area (Å²) < 4.78 is 13.3. The van der Waals surface area contributed by atoms with Gasteiger partial charge in [0, 0.05) is 25.2 Å². The number of hydrogen-bond acceptors (Lipinski definition) is 2. The van der Waals surface area contributed by atoms with E-state index in [0.717, 1.165) is 11.3 Å². The molecule has 0 aliphatic rings. The highest BCUT2D eigenvalue weighted by Crippen LogP contribution is 2.17. The molecule has 0 aliphatic heterocycles. The zero-order valence-corrected chi connectivity index (χ0v) is 11.2. The maximum Gasteiger partial charge on any atom is 0.123 e. The fourth-order valence-electron chi connectivity index (χ4n) is 2.05. The molecule has 0 amide bonds. The number of hydrogen-bond donors (Lipinski definition) is 2. The summed E-state index contributed by atoms with van der Waals surface area (Å²) in [6, 6.07) is 16.4. The Morgan fingerprint density at radius 1 is 1.10 bits per heavy atom. The van der Waals surface area contributed by atoms with Crippen molar-refractivity contribution in [1.29, 1.82) is 5.41 Å². The normalized spacial score (nSPS) is 10.2. The van der Waals surface area contributed by atoms with Crippen LogP contribution in [0.25, 0.3) is 0 Å². The van der Waals surface area contributed by atoms with E-state index in [1.165, 1.54) is 12.1 Å². The van der Waals surface area contributed by atoms with E-state index < -0.39 is 0 Å². The molecule has 0 atom stereocenters. The van der Waals surface area contributed by atoms with Gasteiger partial charge >= 0.3 is 0 Å². The van der Waals surface area contributed by atoms with Gasteiger partial charge in [-0.3, -0.25) is 5.41 Å². The molecule has 0 radical (unpaired) electrons. The van der Waals surface area contributed by atoms with E-state index in [2.05, 4.69) is 4.90 Å². The van der Waals surface area contributed by atoms with Crippen molar-refractivity contribution in [2.45, 2.75) is 13.0 Å². The number of nitrogens with one attached hydrogen (secondary N) is 1. The first kappa shape index (κ1) is 14.1. The number of nitrogens with two attached hydrogens (primary N) is 1. The summed E-state index contributed by atoms with van der Waals surface area (Å²) in [5.74, 6) is -0.0766. The van der Waals surface area contributed by atoms with Crippen LogP contribution in [0.1, 0.15) is 12.0 Å². The van der Waals surface area contributed by atoms with Crippen LogP contribution in [0.5, 0.6) is 0 Å². The molecule has 4 heteroatoms. The van der Waals surface area contributed by atoms with Gasteiger partial charge < -0.3 is 10.6 Å². The van der Waals surface area contributed by atoms with Gasteiger partial charge in [-0.1, -0.05) is 30.3 Å². The highest BCUT2D eigenvalue weighted by molar-refractivity contribution is 5.77. The molecule has 2 aromatic rings. The van der Waals surface area contributed by atoms with Crippen molar-refractivity contribution in [3.8, 4) is 0 Å². The molecule has 0 fully saturated rings. The Labute approximate surface area is 118 Å². The van der Waals surface area contributed by atoms with Crippen molar-refractivity contribution in [3.63, 3.8) is 0 Å². The topological polar surface area (TPSA) is 53.1 Å². The van der Waals surface area contributed by atoms with Gasteiger partial charge in [0.25, 0.3) is 0 Å². The highest BCUT2D eigenvalue weighted by atomic mass is 19.1. The van der Waals surface area contributed by atoms with Gasteiger partial charge in [0.2, 0.25) is 0 Å². The second-order valence-corrected chi connectivity index (χ2v) is 4.66. The monoisotopic (exact) mass is 271 g/mol. The summed E-state index contributed by atoms with van der Waals surface area (Å²) in [5.41, 5.74) is 7.37. The summed E-state index contributed by atoms with van der Waals surface area (Å²) in [4.78, 5) is 2.09. The molecule has 0 saturated heterocycles. The van der Waals surface area contributed by atoms with Gasteiger partial charge in [-0.25, -0.2) is 4.39 Å². The molecule has 0 heterocycles. The number of amidine groups is 1. The molecular formula is C16H18FN3. The average Bonchev–Trinajstić information content (AvgIpc) is 2.44. The summed E-state index contributed by atoms with van der Waals surface area (Å²) >= 11 is 0. The first-order valence-corrected chi connectivity index (χ1v) is 6.52. The Kier molecular flexibility index (Phi) is 4.71. The van der Waals surface area contributed by atoms with Crippen LogP contribution in [0.15, 0.2) is 54.6 Å². The zero-order chi connectivity index (χ0) is 14.4. The smallest absolute Gasteiger partial charge is 0.123 e. The number of para-hydroxylation sites is 1. The minimum absolute atomic E-state index is 0.158. The minimum atomic E-state index is -0.234. The Bertz CT molecular complexity index is 569. The number of benzene rings is 2. The van der Waals surface area contributed by atoms with E-state index in [9.17, 15) is 4.39 Å². The molecule has 0 spiro atoms.